The van der Waals surface area contributed by atoms with Crippen LogP contribution in [0.4, 0.5) is 0 Å². The lowest BCUT2D eigenvalue weighted by atomic mass is 10.1. The van der Waals surface area contributed by atoms with E-state index in [1.165, 1.54) is 12.8 Å². The van der Waals surface area contributed by atoms with E-state index in [9.17, 15) is 0 Å². The molecule has 1 aromatic heterocycles. The molecule has 0 spiro atoms. The van der Waals surface area contributed by atoms with Gasteiger partial charge in [-0.3, -0.25) is 0 Å². The van der Waals surface area contributed by atoms with Crippen molar-refractivity contribution < 1.29 is 4.74 Å². The standard InChI is InChI=1S/C12H23N5OS/c1-10(2)13-6-7-17-12(14-15-16-17)19-9-11-5-3-4-8-18-11/h10-11,13H,3-9H2,1-2H3. The summed E-state index contributed by atoms with van der Waals surface area (Å²) >= 11 is 1.69. The van der Waals surface area contributed by atoms with E-state index in [2.05, 4.69) is 34.7 Å². The molecule has 0 aliphatic carbocycles. The molecule has 1 aliphatic heterocycles. The molecular weight excluding hydrogens is 262 g/mol. The average molecular weight is 285 g/mol. The average Bonchev–Trinajstić information content (AvgIpc) is 2.85. The molecule has 0 aromatic carbocycles. The first kappa shape index (κ1) is 14.7. The largest absolute Gasteiger partial charge is 0.377 e. The summed E-state index contributed by atoms with van der Waals surface area (Å²) in [5, 5.41) is 16.1. The maximum absolute atomic E-state index is 5.72. The number of ether oxygens (including phenoxy) is 1. The van der Waals surface area contributed by atoms with Crippen LogP contribution in [0.25, 0.3) is 0 Å². The summed E-state index contributed by atoms with van der Waals surface area (Å²) in [6, 6.07) is 0.489. The third-order valence-corrected chi connectivity index (χ3v) is 4.14. The maximum Gasteiger partial charge on any atom is 0.209 e. The van der Waals surface area contributed by atoms with E-state index in [4.69, 9.17) is 4.74 Å². The Bertz CT molecular complexity index is 365. The summed E-state index contributed by atoms with van der Waals surface area (Å²) in [6.07, 6.45) is 3.98. The first-order valence-corrected chi connectivity index (χ1v) is 7.98. The third kappa shape index (κ3) is 5.08. The minimum atomic E-state index is 0.359. The van der Waals surface area contributed by atoms with Gasteiger partial charge in [0, 0.05) is 24.9 Å². The predicted octanol–water partition coefficient (Wildman–Crippen LogP) is 1.33. The van der Waals surface area contributed by atoms with Gasteiger partial charge in [-0.1, -0.05) is 25.6 Å². The van der Waals surface area contributed by atoms with Crippen LogP contribution in [0.2, 0.25) is 0 Å². The minimum absolute atomic E-state index is 0.359. The fraction of sp³-hybridized carbons (Fsp3) is 0.917. The number of hydrogen-bond donors (Lipinski definition) is 1. The van der Waals surface area contributed by atoms with Crippen LogP contribution in [0.1, 0.15) is 33.1 Å². The Balaban J connectivity index is 1.75. The second-order valence-electron chi connectivity index (χ2n) is 5.09. The van der Waals surface area contributed by atoms with Crippen molar-refractivity contribution in [2.45, 2.75) is 57.0 Å². The lowest BCUT2D eigenvalue weighted by Gasteiger charge is -2.21. The van der Waals surface area contributed by atoms with Gasteiger partial charge < -0.3 is 10.1 Å². The molecule has 0 radical (unpaired) electrons. The Morgan fingerprint density at radius 1 is 1.47 bits per heavy atom. The summed E-state index contributed by atoms with van der Waals surface area (Å²) < 4.78 is 7.58. The molecule has 7 heteroatoms. The quantitative estimate of drug-likeness (QED) is 0.763. The van der Waals surface area contributed by atoms with Crippen molar-refractivity contribution in [1.82, 2.24) is 25.5 Å². The summed E-state index contributed by atoms with van der Waals surface area (Å²) in [4.78, 5) is 0. The van der Waals surface area contributed by atoms with E-state index in [1.807, 2.05) is 4.68 Å². The highest BCUT2D eigenvalue weighted by molar-refractivity contribution is 7.99. The fourth-order valence-electron chi connectivity index (χ4n) is 2.01. The van der Waals surface area contributed by atoms with Gasteiger partial charge in [0.15, 0.2) is 0 Å². The molecule has 1 saturated heterocycles. The molecule has 1 aliphatic rings. The minimum Gasteiger partial charge on any atom is -0.377 e. The SMILES string of the molecule is CC(C)NCCn1nnnc1SCC1CCCCO1. The van der Waals surface area contributed by atoms with Gasteiger partial charge in [0.25, 0.3) is 0 Å². The Morgan fingerprint density at radius 3 is 3.11 bits per heavy atom. The molecule has 2 rings (SSSR count). The lowest BCUT2D eigenvalue weighted by Crippen LogP contribution is -2.27. The van der Waals surface area contributed by atoms with Crippen LogP contribution in [0.3, 0.4) is 0 Å². The Kier molecular flexibility index (Phi) is 6.06. The van der Waals surface area contributed by atoms with Gasteiger partial charge in [-0.2, -0.15) is 0 Å². The number of nitrogens with zero attached hydrogens (tertiary/aromatic N) is 4. The van der Waals surface area contributed by atoms with Gasteiger partial charge in [-0.15, -0.1) is 5.10 Å². The molecule has 0 amide bonds. The second-order valence-corrected chi connectivity index (χ2v) is 6.08. The molecule has 108 valence electrons. The number of aromatic nitrogens is 4. The first-order chi connectivity index (χ1) is 9.25. The Hall–Kier alpha value is -0.660. The normalized spacial score (nSPS) is 20.1. The lowest BCUT2D eigenvalue weighted by molar-refractivity contribution is 0.0315. The van der Waals surface area contributed by atoms with Gasteiger partial charge in [0.05, 0.1) is 12.6 Å². The molecular formula is C12H23N5OS. The van der Waals surface area contributed by atoms with Gasteiger partial charge in [-0.25, -0.2) is 4.68 Å². The molecule has 19 heavy (non-hydrogen) atoms. The summed E-state index contributed by atoms with van der Waals surface area (Å²) in [5.41, 5.74) is 0. The van der Waals surface area contributed by atoms with Crippen molar-refractivity contribution >= 4 is 11.8 Å². The topological polar surface area (TPSA) is 64.9 Å². The molecule has 0 saturated carbocycles. The van der Waals surface area contributed by atoms with Gasteiger partial charge >= 0.3 is 0 Å². The molecule has 1 atom stereocenters. The zero-order valence-electron chi connectivity index (χ0n) is 11.7. The molecule has 1 unspecified atom stereocenters. The van der Waals surface area contributed by atoms with Crippen molar-refractivity contribution in [3.05, 3.63) is 0 Å². The first-order valence-electron chi connectivity index (χ1n) is 6.99. The Labute approximate surface area is 118 Å². The van der Waals surface area contributed by atoms with Crippen molar-refractivity contribution in [1.29, 1.82) is 0 Å². The molecule has 0 bridgehead atoms. The fourth-order valence-corrected chi connectivity index (χ4v) is 2.97. The second kappa shape index (κ2) is 7.81. The highest BCUT2D eigenvalue weighted by atomic mass is 32.2. The van der Waals surface area contributed by atoms with Crippen LogP contribution < -0.4 is 5.32 Å². The molecule has 2 heterocycles. The highest BCUT2D eigenvalue weighted by Gasteiger charge is 2.16. The van der Waals surface area contributed by atoms with Crippen molar-refractivity contribution in [3.63, 3.8) is 0 Å². The zero-order chi connectivity index (χ0) is 13.5. The molecule has 1 N–H and O–H groups in total. The van der Waals surface area contributed by atoms with Crippen molar-refractivity contribution in [2.24, 2.45) is 0 Å². The number of tetrazole rings is 1. The number of nitrogens with one attached hydrogen (secondary N) is 1. The maximum atomic E-state index is 5.72. The van der Waals surface area contributed by atoms with Gasteiger partial charge in [0.2, 0.25) is 5.16 Å². The van der Waals surface area contributed by atoms with Crippen LogP contribution >= 0.6 is 11.8 Å². The van der Waals surface area contributed by atoms with Crippen LogP contribution in [-0.2, 0) is 11.3 Å². The van der Waals surface area contributed by atoms with E-state index in [1.54, 1.807) is 11.8 Å². The predicted molar refractivity (Wildman–Crippen MR) is 75.3 cm³/mol. The Morgan fingerprint density at radius 2 is 2.37 bits per heavy atom. The summed E-state index contributed by atoms with van der Waals surface area (Å²) in [5.74, 6) is 0.942. The molecule has 1 aromatic rings. The highest BCUT2D eigenvalue weighted by Crippen LogP contribution is 2.21. The van der Waals surface area contributed by atoms with Crippen LogP contribution in [-0.4, -0.2) is 51.3 Å². The summed E-state index contributed by atoms with van der Waals surface area (Å²) in [6.45, 7) is 6.86. The molecule has 6 nitrogen and oxygen atoms in total. The van der Waals surface area contributed by atoms with Crippen LogP contribution in [0.15, 0.2) is 5.16 Å². The van der Waals surface area contributed by atoms with E-state index in [0.717, 1.165) is 37.0 Å². The smallest absolute Gasteiger partial charge is 0.209 e. The zero-order valence-corrected chi connectivity index (χ0v) is 12.5. The van der Waals surface area contributed by atoms with Crippen LogP contribution in [0, 0.1) is 0 Å². The number of thioether (sulfide) groups is 1. The van der Waals surface area contributed by atoms with E-state index in [-0.39, 0.29) is 0 Å². The van der Waals surface area contributed by atoms with E-state index >= 15 is 0 Å². The summed E-state index contributed by atoms with van der Waals surface area (Å²) in [7, 11) is 0. The van der Waals surface area contributed by atoms with Gasteiger partial charge in [0.1, 0.15) is 0 Å². The van der Waals surface area contributed by atoms with Crippen molar-refractivity contribution in [2.75, 3.05) is 18.9 Å². The van der Waals surface area contributed by atoms with Crippen molar-refractivity contribution in [3.8, 4) is 0 Å². The van der Waals surface area contributed by atoms with Gasteiger partial charge in [-0.05, 0) is 29.7 Å². The van der Waals surface area contributed by atoms with E-state index in [0.29, 0.717) is 12.1 Å². The van der Waals surface area contributed by atoms with E-state index < -0.39 is 0 Å². The number of rotatable bonds is 7. The van der Waals surface area contributed by atoms with Crippen LogP contribution in [0.5, 0.6) is 0 Å². The molecule has 1 fully saturated rings. The third-order valence-electron chi connectivity index (χ3n) is 3.05. The monoisotopic (exact) mass is 285 g/mol. The number of hydrogen-bond acceptors (Lipinski definition) is 6.